The number of hydrogen-bond acceptors (Lipinski definition) is 2. The van der Waals surface area contributed by atoms with Gasteiger partial charge in [-0.2, -0.15) is 0 Å². The molecule has 15 heavy (non-hydrogen) atoms. The van der Waals surface area contributed by atoms with Gasteiger partial charge in [0.25, 0.3) is 0 Å². The van der Waals surface area contributed by atoms with E-state index in [4.69, 9.17) is 9.52 Å². The minimum atomic E-state index is -0.942. The number of benzene rings is 1. The maximum Gasteiger partial charge on any atom is 0.335 e. The highest BCUT2D eigenvalue weighted by molar-refractivity contribution is 9.10. The molecule has 1 N–H and O–H groups in total. The molecule has 1 heterocycles. The van der Waals surface area contributed by atoms with Crippen LogP contribution in [0.25, 0.3) is 11.3 Å². The minimum Gasteiger partial charge on any atom is -0.478 e. The highest BCUT2D eigenvalue weighted by Crippen LogP contribution is 2.25. The van der Waals surface area contributed by atoms with E-state index in [1.54, 1.807) is 36.4 Å². The van der Waals surface area contributed by atoms with E-state index in [-0.39, 0.29) is 5.56 Å². The number of furan rings is 1. The Morgan fingerprint density at radius 2 is 2.07 bits per heavy atom. The molecule has 0 atom stereocenters. The molecule has 1 aromatic heterocycles. The van der Waals surface area contributed by atoms with E-state index in [1.165, 1.54) is 0 Å². The zero-order valence-corrected chi connectivity index (χ0v) is 9.19. The number of halogens is 1. The Morgan fingerprint density at radius 3 is 2.67 bits per heavy atom. The molecule has 0 aliphatic heterocycles. The quantitative estimate of drug-likeness (QED) is 0.907. The maximum atomic E-state index is 10.7. The SMILES string of the molecule is O=C(O)c1cccc(-c2ccc(Br)o2)c1. The van der Waals surface area contributed by atoms with Crippen LogP contribution in [0.1, 0.15) is 10.4 Å². The van der Waals surface area contributed by atoms with Crippen LogP contribution in [0, 0.1) is 0 Å². The van der Waals surface area contributed by atoms with E-state index in [0.29, 0.717) is 10.4 Å². The second kappa shape index (κ2) is 3.90. The summed E-state index contributed by atoms with van der Waals surface area (Å²) in [6.07, 6.45) is 0. The van der Waals surface area contributed by atoms with E-state index >= 15 is 0 Å². The fraction of sp³-hybridized carbons (Fsp3) is 0. The van der Waals surface area contributed by atoms with Crippen LogP contribution in [0.5, 0.6) is 0 Å². The van der Waals surface area contributed by atoms with E-state index in [2.05, 4.69) is 15.9 Å². The van der Waals surface area contributed by atoms with Crippen LogP contribution in [0.4, 0.5) is 0 Å². The first-order valence-electron chi connectivity index (χ1n) is 4.26. The summed E-state index contributed by atoms with van der Waals surface area (Å²) >= 11 is 3.19. The van der Waals surface area contributed by atoms with E-state index in [1.807, 2.05) is 0 Å². The summed E-state index contributed by atoms with van der Waals surface area (Å²) < 4.78 is 5.95. The number of rotatable bonds is 2. The molecule has 76 valence electrons. The number of aromatic carboxylic acids is 1. The molecule has 0 amide bonds. The van der Waals surface area contributed by atoms with Crippen molar-refractivity contribution >= 4 is 21.9 Å². The van der Waals surface area contributed by atoms with Crippen LogP contribution in [0.2, 0.25) is 0 Å². The maximum absolute atomic E-state index is 10.7. The summed E-state index contributed by atoms with van der Waals surface area (Å²) in [7, 11) is 0. The largest absolute Gasteiger partial charge is 0.478 e. The monoisotopic (exact) mass is 266 g/mol. The highest BCUT2D eigenvalue weighted by Gasteiger charge is 2.07. The van der Waals surface area contributed by atoms with Gasteiger partial charge in [-0.15, -0.1) is 0 Å². The van der Waals surface area contributed by atoms with Crippen molar-refractivity contribution in [3.8, 4) is 11.3 Å². The first kappa shape index (κ1) is 9.98. The molecular formula is C11H7BrO3. The summed E-state index contributed by atoms with van der Waals surface area (Å²) in [5, 5.41) is 8.82. The Hall–Kier alpha value is -1.55. The molecular weight excluding hydrogens is 260 g/mol. The number of carboxylic acids is 1. The van der Waals surface area contributed by atoms with Gasteiger partial charge in [-0.05, 0) is 40.2 Å². The third-order valence-electron chi connectivity index (χ3n) is 1.97. The highest BCUT2D eigenvalue weighted by atomic mass is 79.9. The predicted molar refractivity (Wildman–Crippen MR) is 58.8 cm³/mol. The van der Waals surface area contributed by atoms with Crippen molar-refractivity contribution in [1.29, 1.82) is 0 Å². The molecule has 0 saturated heterocycles. The Balaban J connectivity index is 2.45. The molecule has 3 nitrogen and oxygen atoms in total. The molecule has 2 aromatic rings. The lowest BCUT2D eigenvalue weighted by atomic mass is 10.1. The zero-order valence-electron chi connectivity index (χ0n) is 7.61. The molecule has 0 unspecified atom stereocenters. The molecule has 2 rings (SSSR count). The topological polar surface area (TPSA) is 50.4 Å². The van der Waals surface area contributed by atoms with Gasteiger partial charge in [-0.3, -0.25) is 0 Å². The second-order valence-corrected chi connectivity index (χ2v) is 3.77. The second-order valence-electron chi connectivity index (χ2n) is 2.99. The first-order valence-corrected chi connectivity index (χ1v) is 5.05. The molecule has 1 aromatic carbocycles. The molecule has 0 bridgehead atoms. The molecule has 4 heteroatoms. The van der Waals surface area contributed by atoms with Gasteiger partial charge in [-0.1, -0.05) is 12.1 Å². The van der Waals surface area contributed by atoms with Crippen LogP contribution in [0.15, 0.2) is 45.5 Å². The third-order valence-corrected chi connectivity index (χ3v) is 2.39. The summed E-state index contributed by atoms with van der Waals surface area (Å²) in [4.78, 5) is 10.7. The third kappa shape index (κ3) is 2.10. The summed E-state index contributed by atoms with van der Waals surface area (Å²) in [5.41, 5.74) is 1.00. The Labute approximate surface area is 94.5 Å². The number of carboxylic acid groups (broad SMARTS) is 1. The predicted octanol–water partition coefficient (Wildman–Crippen LogP) is 3.41. The molecule has 0 aliphatic carbocycles. The summed E-state index contributed by atoms with van der Waals surface area (Å²) in [6.45, 7) is 0. The van der Waals surface area contributed by atoms with Crippen molar-refractivity contribution in [3.05, 3.63) is 46.6 Å². The first-order chi connectivity index (χ1) is 7.16. The van der Waals surface area contributed by atoms with Gasteiger partial charge in [0.05, 0.1) is 5.56 Å². The zero-order chi connectivity index (χ0) is 10.8. The Morgan fingerprint density at radius 1 is 1.27 bits per heavy atom. The van der Waals surface area contributed by atoms with Crippen LogP contribution < -0.4 is 0 Å². The normalized spacial score (nSPS) is 10.2. The van der Waals surface area contributed by atoms with Crippen LogP contribution in [-0.4, -0.2) is 11.1 Å². The minimum absolute atomic E-state index is 0.250. The fourth-order valence-electron chi connectivity index (χ4n) is 1.27. The lowest BCUT2D eigenvalue weighted by Gasteiger charge is -1.98. The average Bonchev–Trinajstić information content (AvgIpc) is 2.65. The lowest BCUT2D eigenvalue weighted by Crippen LogP contribution is -1.95. The van der Waals surface area contributed by atoms with Gasteiger partial charge < -0.3 is 9.52 Å². The van der Waals surface area contributed by atoms with E-state index in [9.17, 15) is 4.79 Å². The van der Waals surface area contributed by atoms with Gasteiger partial charge in [0.1, 0.15) is 5.76 Å². The molecule has 0 fully saturated rings. The number of carbonyl (C=O) groups is 1. The van der Waals surface area contributed by atoms with Crippen molar-refractivity contribution in [2.75, 3.05) is 0 Å². The van der Waals surface area contributed by atoms with Gasteiger partial charge in [0.15, 0.2) is 4.67 Å². The molecule has 0 spiro atoms. The van der Waals surface area contributed by atoms with Gasteiger partial charge in [-0.25, -0.2) is 4.79 Å². The lowest BCUT2D eigenvalue weighted by molar-refractivity contribution is 0.0697. The molecule has 0 aliphatic rings. The van der Waals surface area contributed by atoms with Gasteiger partial charge in [0, 0.05) is 5.56 Å². The molecule has 0 radical (unpaired) electrons. The number of hydrogen-bond donors (Lipinski definition) is 1. The average molecular weight is 267 g/mol. The van der Waals surface area contributed by atoms with Crippen molar-refractivity contribution in [1.82, 2.24) is 0 Å². The Kier molecular flexibility index (Phi) is 2.60. The summed E-state index contributed by atoms with van der Waals surface area (Å²) in [5.74, 6) is -0.299. The molecule has 0 saturated carbocycles. The smallest absolute Gasteiger partial charge is 0.335 e. The van der Waals surface area contributed by atoms with Crippen LogP contribution in [-0.2, 0) is 0 Å². The van der Waals surface area contributed by atoms with Crippen molar-refractivity contribution in [3.63, 3.8) is 0 Å². The Bertz CT molecular complexity index is 502. The van der Waals surface area contributed by atoms with Crippen molar-refractivity contribution < 1.29 is 14.3 Å². The van der Waals surface area contributed by atoms with Crippen LogP contribution >= 0.6 is 15.9 Å². The fourth-order valence-corrected chi connectivity index (χ4v) is 1.58. The van der Waals surface area contributed by atoms with Crippen molar-refractivity contribution in [2.24, 2.45) is 0 Å². The van der Waals surface area contributed by atoms with Gasteiger partial charge >= 0.3 is 5.97 Å². The van der Waals surface area contributed by atoms with Crippen LogP contribution in [0.3, 0.4) is 0 Å². The van der Waals surface area contributed by atoms with Gasteiger partial charge in [0.2, 0.25) is 0 Å². The van der Waals surface area contributed by atoms with E-state index < -0.39 is 5.97 Å². The van der Waals surface area contributed by atoms with E-state index in [0.717, 1.165) is 5.56 Å². The summed E-state index contributed by atoms with van der Waals surface area (Å²) in [6, 6.07) is 10.2. The standard InChI is InChI=1S/C11H7BrO3/c12-10-5-4-9(15-10)7-2-1-3-8(6-7)11(13)14/h1-6H,(H,13,14). The van der Waals surface area contributed by atoms with Crippen molar-refractivity contribution in [2.45, 2.75) is 0 Å².